The van der Waals surface area contributed by atoms with E-state index in [2.05, 4.69) is 0 Å². The van der Waals surface area contributed by atoms with E-state index < -0.39 is 21.4 Å². The number of benzene rings is 2. The van der Waals surface area contributed by atoms with Crippen LogP contribution in [0.3, 0.4) is 0 Å². The van der Waals surface area contributed by atoms with Crippen molar-refractivity contribution < 1.29 is 18.3 Å². The van der Waals surface area contributed by atoms with Crippen LogP contribution in [0.1, 0.15) is 22.5 Å². The van der Waals surface area contributed by atoms with Crippen molar-refractivity contribution in [2.75, 3.05) is 26.3 Å². The molecule has 1 saturated heterocycles. The predicted molar refractivity (Wildman–Crippen MR) is 91.9 cm³/mol. The van der Waals surface area contributed by atoms with Crippen LogP contribution in [0, 0.1) is 0 Å². The van der Waals surface area contributed by atoms with Gasteiger partial charge in [-0.15, -0.1) is 0 Å². The Morgan fingerprint density at radius 2 is 1.38 bits per heavy atom. The van der Waals surface area contributed by atoms with Crippen LogP contribution in [-0.2, 0) is 14.8 Å². The molecule has 1 heterocycles. The summed E-state index contributed by atoms with van der Waals surface area (Å²) in [6.07, 6.45) is -1.14. The van der Waals surface area contributed by atoms with E-state index in [1.165, 1.54) is 4.31 Å². The van der Waals surface area contributed by atoms with Gasteiger partial charge in [-0.3, -0.25) is 0 Å². The minimum absolute atomic E-state index is 0.313. The predicted octanol–water partition coefficient (Wildman–Crippen LogP) is 2.12. The number of ether oxygens (including phenoxy) is 1. The summed E-state index contributed by atoms with van der Waals surface area (Å²) in [6.45, 7) is 1.38. The molecule has 0 unspecified atom stereocenters. The van der Waals surface area contributed by atoms with E-state index >= 15 is 0 Å². The Morgan fingerprint density at radius 3 is 1.92 bits per heavy atom. The van der Waals surface area contributed by atoms with Crippen LogP contribution in [0.15, 0.2) is 60.7 Å². The molecule has 2 aromatic carbocycles. The fourth-order valence-electron chi connectivity index (χ4n) is 2.95. The van der Waals surface area contributed by atoms with Crippen molar-refractivity contribution >= 4 is 10.0 Å². The van der Waals surface area contributed by atoms with E-state index in [1.54, 1.807) is 48.5 Å². The molecule has 0 radical (unpaired) electrons. The topological polar surface area (TPSA) is 66.8 Å². The molecule has 1 N–H and O–H groups in total. The summed E-state index contributed by atoms with van der Waals surface area (Å²) in [6, 6.07) is 17.8. The molecule has 128 valence electrons. The van der Waals surface area contributed by atoms with Gasteiger partial charge in [0.1, 0.15) is 11.4 Å². The summed E-state index contributed by atoms with van der Waals surface area (Å²) in [5, 5.41) is 9.82. The van der Waals surface area contributed by atoms with Crippen molar-refractivity contribution in [2.45, 2.75) is 11.4 Å². The zero-order valence-corrected chi connectivity index (χ0v) is 14.1. The first-order valence-electron chi connectivity index (χ1n) is 7.95. The van der Waals surface area contributed by atoms with Gasteiger partial charge in [0, 0.05) is 13.1 Å². The minimum atomic E-state index is -3.72. The Labute approximate surface area is 142 Å². The van der Waals surface area contributed by atoms with Gasteiger partial charge < -0.3 is 9.84 Å². The molecule has 0 saturated carbocycles. The first kappa shape index (κ1) is 17.1. The lowest BCUT2D eigenvalue weighted by Gasteiger charge is -2.32. The Hall–Kier alpha value is -1.73. The maximum absolute atomic E-state index is 13.2. The molecular weight excluding hydrogens is 326 g/mol. The van der Waals surface area contributed by atoms with Gasteiger partial charge in [0.15, 0.2) is 0 Å². The number of hydrogen-bond donors (Lipinski definition) is 1. The Bertz CT molecular complexity index is 743. The largest absolute Gasteiger partial charge is 0.387 e. The van der Waals surface area contributed by atoms with Gasteiger partial charge in [0.2, 0.25) is 10.0 Å². The molecule has 1 aliphatic rings. The number of aliphatic hydroxyl groups excluding tert-OH is 1. The normalized spacial score (nSPS) is 18.9. The summed E-state index contributed by atoms with van der Waals surface area (Å²) in [4.78, 5) is 0. The van der Waals surface area contributed by atoms with Crippen molar-refractivity contribution in [3.8, 4) is 0 Å². The molecule has 5 nitrogen and oxygen atoms in total. The molecule has 0 aliphatic carbocycles. The first-order chi connectivity index (χ1) is 11.6. The molecule has 6 heteroatoms. The summed E-state index contributed by atoms with van der Waals surface area (Å²) in [7, 11) is -3.72. The quantitative estimate of drug-likeness (QED) is 0.900. The van der Waals surface area contributed by atoms with Crippen molar-refractivity contribution in [2.24, 2.45) is 0 Å². The molecular formula is C18H21NO4S. The monoisotopic (exact) mass is 347 g/mol. The van der Waals surface area contributed by atoms with E-state index in [1.807, 2.05) is 12.1 Å². The number of sulfonamides is 1. The second-order valence-electron chi connectivity index (χ2n) is 5.74. The maximum Gasteiger partial charge on any atom is 0.224 e. The lowest BCUT2D eigenvalue weighted by molar-refractivity contribution is 0.0709. The molecule has 2 atom stereocenters. The molecule has 0 aromatic heterocycles. The van der Waals surface area contributed by atoms with Crippen molar-refractivity contribution in [3.05, 3.63) is 71.8 Å². The summed E-state index contributed by atoms with van der Waals surface area (Å²) in [5.41, 5.74) is 1.17. The van der Waals surface area contributed by atoms with Crippen LogP contribution < -0.4 is 0 Å². The van der Waals surface area contributed by atoms with E-state index in [0.717, 1.165) is 0 Å². The Kier molecular flexibility index (Phi) is 5.30. The fraction of sp³-hybridized carbons (Fsp3) is 0.333. The average Bonchev–Trinajstić information content (AvgIpc) is 2.64. The number of rotatable bonds is 5. The van der Waals surface area contributed by atoms with E-state index in [9.17, 15) is 13.5 Å². The van der Waals surface area contributed by atoms with Crippen LogP contribution in [0.2, 0.25) is 0 Å². The van der Waals surface area contributed by atoms with E-state index in [4.69, 9.17) is 4.74 Å². The highest BCUT2D eigenvalue weighted by Crippen LogP contribution is 2.37. The maximum atomic E-state index is 13.2. The summed E-state index contributed by atoms with van der Waals surface area (Å²) >= 11 is 0. The molecule has 0 bridgehead atoms. The smallest absolute Gasteiger partial charge is 0.224 e. The number of nitrogens with zero attached hydrogens (tertiary/aromatic N) is 1. The molecule has 0 spiro atoms. The number of aliphatic hydroxyl groups is 1. The van der Waals surface area contributed by atoms with Crippen LogP contribution in [-0.4, -0.2) is 44.1 Å². The highest BCUT2D eigenvalue weighted by Gasteiger charge is 2.39. The standard InChI is InChI=1S/C18H21NO4S/c20-17(15-7-3-1-4-8-15)18(16-9-5-2-6-10-16)24(21,22)19-11-13-23-14-12-19/h1-10,17-18,20H,11-14H2/t17-,18-/m1/s1. The lowest BCUT2D eigenvalue weighted by Crippen LogP contribution is -2.44. The van der Waals surface area contributed by atoms with E-state index in [0.29, 0.717) is 37.4 Å². The van der Waals surface area contributed by atoms with Crippen molar-refractivity contribution in [1.82, 2.24) is 4.31 Å². The Balaban J connectivity index is 2.02. The van der Waals surface area contributed by atoms with Gasteiger partial charge in [-0.05, 0) is 11.1 Å². The third-order valence-corrected chi connectivity index (χ3v) is 6.46. The molecule has 1 fully saturated rings. The molecule has 3 rings (SSSR count). The van der Waals surface area contributed by atoms with Gasteiger partial charge >= 0.3 is 0 Å². The van der Waals surface area contributed by atoms with Crippen LogP contribution in [0.4, 0.5) is 0 Å². The van der Waals surface area contributed by atoms with Gasteiger partial charge in [-0.25, -0.2) is 8.42 Å². The fourth-order valence-corrected chi connectivity index (χ4v) is 4.91. The number of morpholine rings is 1. The highest BCUT2D eigenvalue weighted by atomic mass is 32.2. The average molecular weight is 347 g/mol. The molecule has 2 aromatic rings. The lowest BCUT2D eigenvalue weighted by atomic mass is 10.0. The second-order valence-corrected chi connectivity index (χ2v) is 7.80. The third kappa shape index (κ3) is 3.52. The van der Waals surface area contributed by atoms with Crippen LogP contribution in [0.5, 0.6) is 0 Å². The zero-order chi connectivity index (χ0) is 17.0. The van der Waals surface area contributed by atoms with Crippen LogP contribution >= 0.6 is 0 Å². The summed E-state index contributed by atoms with van der Waals surface area (Å²) in [5.74, 6) is 0. The van der Waals surface area contributed by atoms with Crippen molar-refractivity contribution in [1.29, 1.82) is 0 Å². The highest BCUT2D eigenvalue weighted by molar-refractivity contribution is 7.89. The molecule has 24 heavy (non-hydrogen) atoms. The number of hydrogen-bond acceptors (Lipinski definition) is 4. The second kappa shape index (κ2) is 7.44. The SMILES string of the molecule is O=S(=O)([C@H](c1ccccc1)[C@H](O)c1ccccc1)N1CCOCC1. The third-order valence-electron chi connectivity index (χ3n) is 4.21. The van der Waals surface area contributed by atoms with Gasteiger partial charge in [0.25, 0.3) is 0 Å². The van der Waals surface area contributed by atoms with Gasteiger partial charge in [0.05, 0.1) is 13.2 Å². The Morgan fingerprint density at radius 1 is 0.875 bits per heavy atom. The summed E-state index contributed by atoms with van der Waals surface area (Å²) < 4.78 is 33.1. The molecule has 0 amide bonds. The van der Waals surface area contributed by atoms with Crippen molar-refractivity contribution in [3.63, 3.8) is 0 Å². The van der Waals surface area contributed by atoms with Gasteiger partial charge in [-0.2, -0.15) is 4.31 Å². The van der Waals surface area contributed by atoms with Crippen LogP contribution in [0.25, 0.3) is 0 Å². The molecule has 1 aliphatic heterocycles. The minimum Gasteiger partial charge on any atom is -0.387 e. The van der Waals surface area contributed by atoms with E-state index in [-0.39, 0.29) is 0 Å². The first-order valence-corrected chi connectivity index (χ1v) is 9.45. The van der Waals surface area contributed by atoms with Gasteiger partial charge in [-0.1, -0.05) is 60.7 Å². The zero-order valence-electron chi connectivity index (χ0n) is 13.3.